The fraction of sp³-hybridized carbons (Fsp3) is 0.278. The molecule has 0 aliphatic heterocycles. The summed E-state index contributed by atoms with van der Waals surface area (Å²) < 4.78 is 34.7. The molecule has 0 saturated carbocycles. The van der Waals surface area contributed by atoms with Crippen LogP contribution in [0.5, 0.6) is 5.75 Å². The van der Waals surface area contributed by atoms with Gasteiger partial charge in [-0.05, 0) is 42.0 Å². The van der Waals surface area contributed by atoms with Crippen LogP contribution in [-0.4, -0.2) is 41.3 Å². The first-order valence-corrected chi connectivity index (χ1v) is 9.69. The molecule has 0 heterocycles. The van der Waals surface area contributed by atoms with Crippen LogP contribution in [0.2, 0.25) is 0 Å². The van der Waals surface area contributed by atoms with Crippen LogP contribution in [0.15, 0.2) is 48.5 Å². The summed E-state index contributed by atoms with van der Waals surface area (Å²) in [5, 5.41) is 2.75. The zero-order chi connectivity index (χ0) is 19.2. The number of methoxy groups -OCH3 is 1. The van der Waals surface area contributed by atoms with Crippen molar-refractivity contribution in [2.75, 3.05) is 36.6 Å². The Bertz CT molecular complexity index is 850. The summed E-state index contributed by atoms with van der Waals surface area (Å²) in [4.78, 5) is 12.0. The first-order valence-electron chi connectivity index (χ1n) is 7.84. The van der Waals surface area contributed by atoms with E-state index >= 15 is 0 Å². The summed E-state index contributed by atoms with van der Waals surface area (Å²) in [5.74, 6) is 0.177. The Morgan fingerprint density at radius 3 is 2.46 bits per heavy atom. The SMILES string of the molecule is COCc1cccc(NC(=O)COc2ccc(N(C)S(C)(=O)=O)cc2)c1. The molecule has 0 fully saturated rings. The Morgan fingerprint density at radius 1 is 1.15 bits per heavy atom. The molecule has 0 aliphatic rings. The van der Waals surface area contributed by atoms with Crippen molar-refractivity contribution in [3.63, 3.8) is 0 Å². The van der Waals surface area contributed by atoms with Crippen molar-refractivity contribution >= 4 is 27.3 Å². The standard InChI is InChI=1S/C18H22N2O5S/c1-20(26(3,22)23)16-7-9-17(10-8-16)25-13-18(21)19-15-6-4-5-14(11-15)12-24-2/h4-11H,12-13H2,1-3H3,(H,19,21). The number of sulfonamides is 1. The van der Waals surface area contributed by atoms with Gasteiger partial charge in [-0.1, -0.05) is 12.1 Å². The van der Waals surface area contributed by atoms with Gasteiger partial charge in [0.15, 0.2) is 6.61 Å². The third-order valence-corrected chi connectivity index (χ3v) is 4.80. The van der Waals surface area contributed by atoms with E-state index in [1.807, 2.05) is 18.2 Å². The highest BCUT2D eigenvalue weighted by molar-refractivity contribution is 7.92. The van der Waals surface area contributed by atoms with Crippen molar-refractivity contribution in [3.05, 3.63) is 54.1 Å². The highest BCUT2D eigenvalue weighted by Gasteiger charge is 2.12. The summed E-state index contributed by atoms with van der Waals surface area (Å²) >= 11 is 0. The maximum atomic E-state index is 12.0. The van der Waals surface area contributed by atoms with Gasteiger partial charge in [0.05, 0.1) is 18.6 Å². The third-order valence-electron chi connectivity index (χ3n) is 3.59. The molecular weight excluding hydrogens is 356 g/mol. The molecule has 0 radical (unpaired) electrons. The van der Waals surface area contributed by atoms with Crippen LogP contribution in [-0.2, 0) is 26.2 Å². The smallest absolute Gasteiger partial charge is 0.262 e. The van der Waals surface area contributed by atoms with Crippen molar-refractivity contribution in [1.82, 2.24) is 0 Å². The van der Waals surface area contributed by atoms with E-state index in [-0.39, 0.29) is 12.5 Å². The average Bonchev–Trinajstić information content (AvgIpc) is 2.59. The summed E-state index contributed by atoms with van der Waals surface area (Å²) in [6.45, 7) is 0.310. The van der Waals surface area contributed by atoms with Crippen molar-refractivity contribution in [1.29, 1.82) is 0 Å². The molecule has 0 unspecified atom stereocenters. The van der Waals surface area contributed by atoms with E-state index < -0.39 is 10.0 Å². The number of amides is 1. The molecule has 1 N–H and O–H groups in total. The molecule has 0 bridgehead atoms. The fourth-order valence-electron chi connectivity index (χ4n) is 2.20. The van der Waals surface area contributed by atoms with Gasteiger partial charge in [-0.15, -0.1) is 0 Å². The quantitative estimate of drug-likeness (QED) is 0.762. The zero-order valence-electron chi connectivity index (χ0n) is 14.9. The molecule has 0 spiro atoms. The molecule has 1 amide bonds. The van der Waals surface area contributed by atoms with E-state index in [2.05, 4.69) is 5.32 Å². The molecule has 2 aromatic carbocycles. The number of rotatable bonds is 8. The Hall–Kier alpha value is -2.58. The van der Waals surface area contributed by atoms with Crippen LogP contribution in [0.3, 0.4) is 0 Å². The van der Waals surface area contributed by atoms with E-state index in [1.54, 1.807) is 37.4 Å². The number of anilines is 2. The van der Waals surface area contributed by atoms with E-state index in [4.69, 9.17) is 9.47 Å². The molecule has 7 nitrogen and oxygen atoms in total. The lowest BCUT2D eigenvalue weighted by Gasteiger charge is -2.16. The topological polar surface area (TPSA) is 84.9 Å². The molecular formula is C18H22N2O5S. The van der Waals surface area contributed by atoms with E-state index in [1.165, 1.54) is 7.05 Å². The summed E-state index contributed by atoms with van der Waals surface area (Å²) in [7, 11) is -0.240. The second-order valence-electron chi connectivity index (χ2n) is 5.69. The highest BCUT2D eigenvalue weighted by atomic mass is 32.2. The summed E-state index contributed by atoms with van der Waals surface area (Å²) in [5.41, 5.74) is 2.13. The minimum absolute atomic E-state index is 0.157. The van der Waals surface area contributed by atoms with Gasteiger partial charge in [0, 0.05) is 19.8 Å². The van der Waals surface area contributed by atoms with Crippen LogP contribution in [0.4, 0.5) is 11.4 Å². The van der Waals surface area contributed by atoms with Crippen LogP contribution in [0.1, 0.15) is 5.56 Å². The lowest BCUT2D eigenvalue weighted by molar-refractivity contribution is -0.118. The Kier molecular flexibility index (Phi) is 6.59. The number of carbonyl (C=O) groups excluding carboxylic acids is 1. The number of benzene rings is 2. The number of carbonyl (C=O) groups is 1. The number of nitrogens with zero attached hydrogens (tertiary/aromatic N) is 1. The number of hydrogen-bond donors (Lipinski definition) is 1. The number of ether oxygens (including phenoxy) is 2. The highest BCUT2D eigenvalue weighted by Crippen LogP contribution is 2.20. The third kappa shape index (κ3) is 5.75. The van der Waals surface area contributed by atoms with Gasteiger partial charge in [0.2, 0.25) is 10.0 Å². The van der Waals surface area contributed by atoms with Crippen LogP contribution in [0.25, 0.3) is 0 Å². The van der Waals surface area contributed by atoms with Gasteiger partial charge in [0.1, 0.15) is 5.75 Å². The molecule has 140 valence electrons. The Morgan fingerprint density at radius 2 is 1.85 bits per heavy atom. The molecule has 0 saturated heterocycles. The molecule has 2 rings (SSSR count). The van der Waals surface area contributed by atoms with Crippen molar-refractivity contribution < 1.29 is 22.7 Å². The molecule has 26 heavy (non-hydrogen) atoms. The fourth-order valence-corrected chi connectivity index (χ4v) is 2.70. The zero-order valence-corrected chi connectivity index (χ0v) is 15.7. The van der Waals surface area contributed by atoms with Gasteiger partial charge < -0.3 is 14.8 Å². The molecule has 0 atom stereocenters. The minimum atomic E-state index is -3.32. The second-order valence-corrected chi connectivity index (χ2v) is 7.71. The summed E-state index contributed by atoms with van der Waals surface area (Å²) in [6, 6.07) is 13.8. The average molecular weight is 378 g/mol. The van der Waals surface area contributed by atoms with E-state index in [9.17, 15) is 13.2 Å². The van der Waals surface area contributed by atoms with Crippen LogP contribution >= 0.6 is 0 Å². The van der Waals surface area contributed by atoms with Crippen molar-refractivity contribution in [3.8, 4) is 5.75 Å². The Balaban J connectivity index is 1.90. The largest absolute Gasteiger partial charge is 0.484 e. The predicted octanol–water partition coefficient (Wildman–Crippen LogP) is 2.25. The van der Waals surface area contributed by atoms with E-state index in [0.717, 1.165) is 16.1 Å². The van der Waals surface area contributed by atoms with Gasteiger partial charge >= 0.3 is 0 Å². The molecule has 0 aromatic heterocycles. The lowest BCUT2D eigenvalue weighted by Crippen LogP contribution is -2.24. The molecule has 8 heteroatoms. The first kappa shape index (κ1) is 19.7. The minimum Gasteiger partial charge on any atom is -0.484 e. The predicted molar refractivity (Wildman–Crippen MR) is 101 cm³/mol. The Labute approximate surface area is 153 Å². The van der Waals surface area contributed by atoms with Crippen molar-refractivity contribution in [2.24, 2.45) is 0 Å². The maximum absolute atomic E-state index is 12.0. The van der Waals surface area contributed by atoms with Crippen LogP contribution in [0, 0.1) is 0 Å². The normalized spacial score (nSPS) is 11.0. The van der Waals surface area contributed by atoms with Crippen LogP contribution < -0.4 is 14.4 Å². The van der Waals surface area contributed by atoms with Gasteiger partial charge in [-0.3, -0.25) is 9.10 Å². The van der Waals surface area contributed by atoms with Gasteiger partial charge in [-0.25, -0.2) is 8.42 Å². The molecule has 2 aromatic rings. The van der Waals surface area contributed by atoms with Crippen molar-refractivity contribution in [2.45, 2.75) is 6.61 Å². The number of nitrogens with one attached hydrogen (secondary N) is 1. The number of hydrogen-bond acceptors (Lipinski definition) is 5. The van der Waals surface area contributed by atoms with E-state index in [0.29, 0.717) is 23.7 Å². The molecule has 0 aliphatic carbocycles. The monoisotopic (exact) mass is 378 g/mol. The van der Waals surface area contributed by atoms with Gasteiger partial charge in [-0.2, -0.15) is 0 Å². The lowest BCUT2D eigenvalue weighted by atomic mass is 10.2. The first-order chi connectivity index (χ1) is 12.3. The van der Waals surface area contributed by atoms with Gasteiger partial charge in [0.25, 0.3) is 5.91 Å². The second kappa shape index (κ2) is 8.68. The maximum Gasteiger partial charge on any atom is 0.262 e. The summed E-state index contributed by atoms with van der Waals surface area (Å²) in [6.07, 6.45) is 1.13.